The predicted octanol–water partition coefficient (Wildman–Crippen LogP) is 3.31. The number of aryl methyl sites for hydroxylation is 1. The van der Waals surface area contributed by atoms with Gasteiger partial charge in [-0.25, -0.2) is 14.4 Å². The Morgan fingerprint density at radius 2 is 2.22 bits per heavy atom. The molecule has 1 heterocycles. The van der Waals surface area contributed by atoms with Gasteiger partial charge in [0.15, 0.2) is 0 Å². The van der Waals surface area contributed by atoms with Crippen LogP contribution in [-0.2, 0) is 6.42 Å². The number of benzene rings is 1. The largest absolute Gasteiger partial charge is 0.369 e. The second-order valence-electron chi connectivity index (χ2n) is 3.88. The number of hydrogen-bond donors (Lipinski definition) is 1. The fraction of sp³-hybridized carbons (Fsp3) is 0.231. The molecule has 0 fully saturated rings. The van der Waals surface area contributed by atoms with E-state index in [-0.39, 0.29) is 5.82 Å². The number of halogens is 2. The summed E-state index contributed by atoms with van der Waals surface area (Å²) in [5, 5.41) is 3.62. The summed E-state index contributed by atoms with van der Waals surface area (Å²) in [5.41, 5.74) is 0.991. The lowest BCUT2D eigenvalue weighted by Crippen LogP contribution is -2.05. The van der Waals surface area contributed by atoms with E-state index >= 15 is 0 Å². The number of rotatable bonds is 5. The van der Waals surface area contributed by atoms with E-state index in [1.807, 2.05) is 6.07 Å². The fourth-order valence-electron chi connectivity index (χ4n) is 1.63. The van der Waals surface area contributed by atoms with Crippen molar-refractivity contribution < 1.29 is 4.39 Å². The molecule has 5 heteroatoms. The normalized spacial score (nSPS) is 10.3. The van der Waals surface area contributed by atoms with Crippen LogP contribution in [0.2, 0.25) is 5.02 Å². The first-order chi connectivity index (χ1) is 8.75. The van der Waals surface area contributed by atoms with Crippen LogP contribution >= 0.6 is 11.6 Å². The topological polar surface area (TPSA) is 37.8 Å². The number of anilines is 1. The number of hydrogen-bond acceptors (Lipinski definition) is 3. The molecule has 2 rings (SSSR count). The first-order valence-corrected chi connectivity index (χ1v) is 6.07. The number of nitrogens with zero attached hydrogens (tertiary/aromatic N) is 2. The van der Waals surface area contributed by atoms with Crippen LogP contribution in [0, 0.1) is 5.82 Å². The van der Waals surface area contributed by atoms with Crippen LogP contribution in [0.25, 0.3) is 0 Å². The zero-order chi connectivity index (χ0) is 12.8. The smallest absolute Gasteiger partial charge is 0.148 e. The lowest BCUT2D eigenvalue weighted by molar-refractivity contribution is 0.624. The molecule has 0 spiro atoms. The van der Waals surface area contributed by atoms with Crippen molar-refractivity contribution in [2.45, 2.75) is 12.8 Å². The molecule has 1 aromatic carbocycles. The van der Waals surface area contributed by atoms with E-state index in [1.54, 1.807) is 18.3 Å². The maximum atomic E-state index is 12.9. The van der Waals surface area contributed by atoms with E-state index < -0.39 is 0 Å². The van der Waals surface area contributed by atoms with Gasteiger partial charge in [-0.3, -0.25) is 0 Å². The van der Waals surface area contributed by atoms with Gasteiger partial charge in [-0.15, -0.1) is 0 Å². The minimum Gasteiger partial charge on any atom is -0.369 e. The molecule has 0 aliphatic heterocycles. The summed E-state index contributed by atoms with van der Waals surface area (Å²) in [4.78, 5) is 7.83. The third kappa shape index (κ3) is 3.67. The molecule has 0 saturated heterocycles. The van der Waals surface area contributed by atoms with E-state index in [4.69, 9.17) is 11.6 Å². The molecule has 0 radical (unpaired) electrons. The molecule has 0 aliphatic rings. The van der Waals surface area contributed by atoms with E-state index in [9.17, 15) is 4.39 Å². The van der Waals surface area contributed by atoms with Gasteiger partial charge in [-0.1, -0.05) is 23.7 Å². The average Bonchev–Trinajstić information content (AvgIpc) is 2.37. The lowest BCUT2D eigenvalue weighted by Gasteiger charge is -2.06. The molecule has 1 N–H and O–H groups in total. The molecule has 0 aliphatic carbocycles. The van der Waals surface area contributed by atoms with E-state index in [1.165, 1.54) is 12.4 Å². The summed E-state index contributed by atoms with van der Waals surface area (Å²) in [6.45, 7) is 0.729. The maximum Gasteiger partial charge on any atom is 0.148 e. The second kappa shape index (κ2) is 6.31. The van der Waals surface area contributed by atoms with Crippen molar-refractivity contribution in [1.29, 1.82) is 0 Å². The Morgan fingerprint density at radius 3 is 3.00 bits per heavy atom. The van der Waals surface area contributed by atoms with Crippen LogP contribution in [0.3, 0.4) is 0 Å². The van der Waals surface area contributed by atoms with Gasteiger partial charge in [0, 0.05) is 6.54 Å². The molecule has 0 amide bonds. The molecule has 0 saturated carbocycles. The fourth-order valence-corrected chi connectivity index (χ4v) is 1.81. The Morgan fingerprint density at radius 1 is 1.33 bits per heavy atom. The van der Waals surface area contributed by atoms with Gasteiger partial charge in [0.05, 0.1) is 6.20 Å². The predicted molar refractivity (Wildman–Crippen MR) is 70.3 cm³/mol. The molecule has 0 atom stereocenters. The summed E-state index contributed by atoms with van der Waals surface area (Å²) in [5.74, 6) is 0.435. The third-order valence-corrected chi connectivity index (χ3v) is 2.77. The van der Waals surface area contributed by atoms with Crippen LogP contribution in [0.4, 0.5) is 10.2 Å². The van der Waals surface area contributed by atoms with Crippen molar-refractivity contribution in [3.05, 3.63) is 53.2 Å². The van der Waals surface area contributed by atoms with Crippen LogP contribution in [0.5, 0.6) is 0 Å². The van der Waals surface area contributed by atoms with Crippen LogP contribution < -0.4 is 5.32 Å². The van der Waals surface area contributed by atoms with Crippen molar-refractivity contribution >= 4 is 17.4 Å². The van der Waals surface area contributed by atoms with Gasteiger partial charge >= 0.3 is 0 Å². The molecule has 2 aromatic rings. The summed E-state index contributed by atoms with van der Waals surface area (Å²) < 4.78 is 12.9. The molecule has 94 valence electrons. The minimum absolute atomic E-state index is 0.195. The zero-order valence-electron chi connectivity index (χ0n) is 9.74. The van der Waals surface area contributed by atoms with Crippen molar-refractivity contribution in [3.8, 4) is 0 Å². The van der Waals surface area contributed by atoms with Crippen LogP contribution in [0.1, 0.15) is 12.0 Å². The highest BCUT2D eigenvalue weighted by Gasteiger charge is 2.00. The monoisotopic (exact) mass is 265 g/mol. The van der Waals surface area contributed by atoms with Gasteiger partial charge in [0.25, 0.3) is 0 Å². The lowest BCUT2D eigenvalue weighted by atomic mass is 10.1. The summed E-state index contributed by atoms with van der Waals surface area (Å²) in [7, 11) is 0. The molecule has 1 aromatic heterocycles. The Bertz CT molecular complexity index is 519. The van der Waals surface area contributed by atoms with Crippen molar-refractivity contribution in [3.63, 3.8) is 0 Å². The van der Waals surface area contributed by atoms with Gasteiger partial charge < -0.3 is 5.32 Å². The molecular formula is C13H13ClFN3. The third-order valence-electron chi connectivity index (χ3n) is 2.49. The molecular weight excluding hydrogens is 253 g/mol. The Hall–Kier alpha value is -1.68. The van der Waals surface area contributed by atoms with Gasteiger partial charge in [0.2, 0.25) is 0 Å². The first-order valence-electron chi connectivity index (χ1n) is 5.69. The Labute approximate surface area is 110 Å². The highest BCUT2D eigenvalue weighted by atomic mass is 35.5. The summed E-state index contributed by atoms with van der Waals surface area (Å²) >= 11 is 5.90. The number of nitrogens with one attached hydrogen (secondary N) is 1. The maximum absolute atomic E-state index is 12.9. The van der Waals surface area contributed by atoms with E-state index in [2.05, 4.69) is 15.3 Å². The van der Waals surface area contributed by atoms with Crippen LogP contribution in [0.15, 0.2) is 36.8 Å². The Kier molecular flexibility index (Phi) is 4.47. The SMILES string of the molecule is Fc1cccc(CCCNc2ncncc2Cl)c1. The number of aromatic nitrogens is 2. The first kappa shape index (κ1) is 12.8. The highest BCUT2D eigenvalue weighted by Crippen LogP contribution is 2.16. The van der Waals surface area contributed by atoms with E-state index in [0.717, 1.165) is 24.9 Å². The standard InChI is InChI=1S/C13H13ClFN3/c14-12-8-16-9-18-13(12)17-6-2-4-10-3-1-5-11(15)7-10/h1,3,5,7-9H,2,4,6H2,(H,16,17,18). The second-order valence-corrected chi connectivity index (χ2v) is 4.29. The van der Waals surface area contributed by atoms with Crippen molar-refractivity contribution in [2.75, 3.05) is 11.9 Å². The average molecular weight is 266 g/mol. The van der Waals surface area contributed by atoms with Crippen molar-refractivity contribution in [1.82, 2.24) is 9.97 Å². The van der Waals surface area contributed by atoms with Crippen molar-refractivity contribution in [2.24, 2.45) is 0 Å². The quantitative estimate of drug-likeness (QED) is 0.843. The summed E-state index contributed by atoms with van der Waals surface area (Å²) in [6, 6.07) is 6.64. The van der Waals surface area contributed by atoms with Gasteiger partial charge in [-0.2, -0.15) is 0 Å². The van der Waals surface area contributed by atoms with Gasteiger partial charge in [-0.05, 0) is 30.5 Å². The molecule has 0 bridgehead atoms. The highest BCUT2D eigenvalue weighted by molar-refractivity contribution is 6.32. The molecule has 18 heavy (non-hydrogen) atoms. The van der Waals surface area contributed by atoms with Crippen LogP contribution in [-0.4, -0.2) is 16.5 Å². The molecule has 3 nitrogen and oxygen atoms in total. The van der Waals surface area contributed by atoms with Gasteiger partial charge in [0.1, 0.15) is 23.0 Å². The minimum atomic E-state index is -0.195. The summed E-state index contributed by atoms with van der Waals surface area (Å²) in [6.07, 6.45) is 4.68. The Balaban J connectivity index is 1.78. The molecule has 0 unspecified atom stereocenters. The zero-order valence-corrected chi connectivity index (χ0v) is 10.5. The van der Waals surface area contributed by atoms with E-state index in [0.29, 0.717) is 10.8 Å².